The summed E-state index contributed by atoms with van der Waals surface area (Å²) in [5.41, 5.74) is -0.857. The van der Waals surface area contributed by atoms with Gasteiger partial charge in [0.1, 0.15) is 0 Å². The average Bonchev–Trinajstić information content (AvgIpc) is 2.25. The Bertz CT molecular complexity index is 643. The van der Waals surface area contributed by atoms with Crippen LogP contribution in [0, 0.1) is 29.8 Å². The molecule has 0 aliphatic heterocycles. The Kier molecular flexibility index (Phi) is 4.82. The predicted octanol–water partition coefficient (Wildman–Crippen LogP) is 2.43. The van der Waals surface area contributed by atoms with Crippen LogP contribution in [0.1, 0.15) is 31.4 Å². The highest BCUT2D eigenvalue weighted by Gasteiger charge is 2.29. The first-order valence-electron chi connectivity index (χ1n) is 6.08. The fourth-order valence-corrected chi connectivity index (χ4v) is 3.75. The highest BCUT2D eigenvalue weighted by Crippen LogP contribution is 2.31. The molecule has 0 aromatic heterocycles. The van der Waals surface area contributed by atoms with Crippen molar-refractivity contribution in [2.24, 2.45) is 0 Å². The van der Waals surface area contributed by atoms with E-state index in [1.54, 1.807) is 13.8 Å². The molecule has 1 aromatic rings. The Morgan fingerprint density at radius 2 is 2.00 bits per heavy atom. The lowest BCUT2D eigenvalue weighted by molar-refractivity contribution is -0.388. The van der Waals surface area contributed by atoms with Gasteiger partial charge in [-0.25, -0.2) is 13.1 Å². The van der Waals surface area contributed by atoms with Crippen LogP contribution in [-0.2, 0) is 10.0 Å². The zero-order valence-corrected chi connectivity index (χ0v) is 12.5. The molecule has 6 nitrogen and oxygen atoms in total. The summed E-state index contributed by atoms with van der Waals surface area (Å²) in [6.07, 6.45) is 0.570. The Balaban J connectivity index is 3.53. The Morgan fingerprint density at radius 1 is 1.45 bits per heavy atom. The smallest absolute Gasteiger partial charge is 0.258 e. The first-order chi connectivity index (χ1) is 9.11. The van der Waals surface area contributed by atoms with E-state index in [0.29, 0.717) is 6.42 Å². The van der Waals surface area contributed by atoms with Crippen molar-refractivity contribution in [3.05, 3.63) is 33.1 Å². The number of nitro benzene ring substituents is 1. The molecule has 1 atom stereocenters. The van der Waals surface area contributed by atoms with Gasteiger partial charge in [0.05, 0.1) is 15.4 Å². The number of sulfonamides is 1. The van der Waals surface area contributed by atoms with Gasteiger partial charge < -0.3 is 0 Å². The van der Waals surface area contributed by atoms with E-state index in [4.69, 9.17) is 0 Å². The number of hydrogen-bond donors (Lipinski definition) is 1. The van der Waals surface area contributed by atoms with Gasteiger partial charge in [0, 0.05) is 6.04 Å². The summed E-state index contributed by atoms with van der Waals surface area (Å²) in [5, 5.41) is 10.9. The Labute approximate surface area is 117 Å². The Hall–Kier alpha value is -1.54. The molecule has 1 N–H and O–H groups in total. The summed E-state index contributed by atoms with van der Waals surface area (Å²) < 4.78 is 40.6. The number of hydrogen-bond acceptors (Lipinski definition) is 4. The van der Waals surface area contributed by atoms with Crippen molar-refractivity contribution in [2.75, 3.05) is 0 Å². The number of aryl methyl sites for hydroxylation is 1. The van der Waals surface area contributed by atoms with Crippen molar-refractivity contribution >= 4 is 15.7 Å². The molecule has 0 heterocycles. The van der Waals surface area contributed by atoms with Crippen molar-refractivity contribution in [3.63, 3.8) is 0 Å². The molecule has 0 fully saturated rings. The van der Waals surface area contributed by atoms with Crippen molar-refractivity contribution in [1.29, 1.82) is 0 Å². The monoisotopic (exact) mass is 304 g/mol. The molecule has 1 rings (SSSR count). The third kappa shape index (κ3) is 3.13. The topological polar surface area (TPSA) is 89.3 Å². The van der Waals surface area contributed by atoms with E-state index in [0.717, 1.165) is 6.07 Å². The van der Waals surface area contributed by atoms with E-state index in [2.05, 4.69) is 4.72 Å². The van der Waals surface area contributed by atoms with Gasteiger partial charge in [0.2, 0.25) is 15.8 Å². The van der Waals surface area contributed by atoms with E-state index in [1.165, 1.54) is 13.8 Å². The number of nitrogens with zero attached hydrogens (tertiary/aromatic N) is 1. The van der Waals surface area contributed by atoms with E-state index < -0.39 is 26.5 Å². The minimum absolute atomic E-state index is 0.140. The zero-order chi connectivity index (χ0) is 15.7. The molecule has 0 radical (unpaired) electrons. The maximum Gasteiger partial charge on any atom is 0.309 e. The third-order valence-electron chi connectivity index (χ3n) is 3.04. The molecule has 0 bridgehead atoms. The summed E-state index contributed by atoms with van der Waals surface area (Å²) >= 11 is 0. The molecule has 0 saturated heterocycles. The van der Waals surface area contributed by atoms with Crippen LogP contribution in [0.2, 0.25) is 0 Å². The van der Waals surface area contributed by atoms with Crippen molar-refractivity contribution in [3.8, 4) is 0 Å². The lowest BCUT2D eigenvalue weighted by atomic mass is 10.1. The van der Waals surface area contributed by atoms with Crippen molar-refractivity contribution in [2.45, 2.75) is 45.1 Å². The minimum atomic E-state index is -3.93. The molecule has 0 aliphatic rings. The zero-order valence-electron chi connectivity index (χ0n) is 11.7. The second-order valence-corrected chi connectivity index (χ2v) is 6.32. The largest absolute Gasteiger partial charge is 0.309 e. The van der Waals surface area contributed by atoms with Crippen LogP contribution >= 0.6 is 0 Å². The van der Waals surface area contributed by atoms with E-state index in [9.17, 15) is 22.9 Å². The molecule has 0 saturated carbocycles. The number of rotatable bonds is 5. The van der Waals surface area contributed by atoms with Gasteiger partial charge in [0.25, 0.3) is 0 Å². The lowest BCUT2D eigenvalue weighted by Crippen LogP contribution is -2.33. The summed E-state index contributed by atoms with van der Waals surface area (Å²) in [5.74, 6) is -1.03. The fraction of sp³-hybridized carbons (Fsp3) is 0.500. The number of halogens is 1. The molecule has 112 valence electrons. The summed E-state index contributed by atoms with van der Waals surface area (Å²) in [6.45, 7) is 6.13. The van der Waals surface area contributed by atoms with Crippen LogP contribution < -0.4 is 4.72 Å². The first-order valence-corrected chi connectivity index (χ1v) is 7.56. The predicted molar refractivity (Wildman–Crippen MR) is 72.6 cm³/mol. The van der Waals surface area contributed by atoms with Gasteiger partial charge in [-0.15, -0.1) is 0 Å². The molecule has 1 unspecified atom stereocenters. The van der Waals surface area contributed by atoms with Crippen LogP contribution in [0.15, 0.2) is 11.0 Å². The maximum atomic E-state index is 13.6. The summed E-state index contributed by atoms with van der Waals surface area (Å²) in [4.78, 5) is 9.72. The summed E-state index contributed by atoms with van der Waals surface area (Å²) in [7, 11) is -3.93. The highest BCUT2D eigenvalue weighted by molar-refractivity contribution is 7.89. The SMILES string of the molecule is CCC(C)NS(=O)(=O)c1c(C)cc(F)c([N+](=O)[O-])c1C. The van der Waals surface area contributed by atoms with E-state index in [-0.39, 0.29) is 22.1 Å². The van der Waals surface area contributed by atoms with Gasteiger partial charge in [0.15, 0.2) is 0 Å². The Morgan fingerprint density at radius 3 is 2.45 bits per heavy atom. The van der Waals surface area contributed by atoms with Crippen molar-refractivity contribution in [1.82, 2.24) is 4.72 Å². The second kappa shape index (κ2) is 5.84. The van der Waals surface area contributed by atoms with Crippen LogP contribution in [0.25, 0.3) is 0 Å². The third-order valence-corrected chi connectivity index (χ3v) is 4.92. The molecule has 1 aromatic carbocycles. The first kappa shape index (κ1) is 16.5. The van der Waals surface area contributed by atoms with Gasteiger partial charge in [-0.1, -0.05) is 6.92 Å². The second-order valence-electron chi connectivity index (χ2n) is 4.67. The molecule has 0 spiro atoms. The van der Waals surface area contributed by atoms with Crippen LogP contribution in [0.4, 0.5) is 10.1 Å². The van der Waals surface area contributed by atoms with Gasteiger partial charge in [-0.2, -0.15) is 4.39 Å². The summed E-state index contributed by atoms with van der Waals surface area (Å²) in [6, 6.07) is 0.555. The standard InChI is InChI=1S/C12H17FN2O4S/c1-5-8(3)14-20(18,19)12-7(2)6-10(13)11(9(12)4)15(16)17/h6,8,14H,5H2,1-4H3. The van der Waals surface area contributed by atoms with Crippen LogP contribution in [0.3, 0.4) is 0 Å². The van der Waals surface area contributed by atoms with Crippen LogP contribution in [0.5, 0.6) is 0 Å². The van der Waals surface area contributed by atoms with Gasteiger partial charge in [-0.05, 0) is 38.8 Å². The lowest BCUT2D eigenvalue weighted by Gasteiger charge is -2.16. The highest BCUT2D eigenvalue weighted by atomic mass is 32.2. The van der Waals surface area contributed by atoms with Gasteiger partial charge in [-0.3, -0.25) is 10.1 Å². The van der Waals surface area contributed by atoms with Crippen LogP contribution in [-0.4, -0.2) is 19.4 Å². The number of nitro groups is 1. The fourth-order valence-electron chi connectivity index (χ4n) is 1.95. The quantitative estimate of drug-likeness (QED) is 0.668. The molecule has 0 amide bonds. The minimum Gasteiger partial charge on any atom is -0.258 e. The van der Waals surface area contributed by atoms with E-state index >= 15 is 0 Å². The van der Waals surface area contributed by atoms with Crippen molar-refractivity contribution < 1.29 is 17.7 Å². The number of benzene rings is 1. The molecular formula is C12H17FN2O4S. The molecule has 20 heavy (non-hydrogen) atoms. The molecule has 0 aliphatic carbocycles. The normalized spacial score (nSPS) is 13.2. The molecule has 8 heteroatoms. The maximum absolute atomic E-state index is 13.6. The molecular weight excluding hydrogens is 287 g/mol. The number of nitrogens with one attached hydrogen (secondary N) is 1. The average molecular weight is 304 g/mol. The van der Waals surface area contributed by atoms with Gasteiger partial charge >= 0.3 is 5.69 Å². The van der Waals surface area contributed by atoms with E-state index in [1.807, 2.05) is 0 Å².